The van der Waals surface area contributed by atoms with Crippen molar-refractivity contribution < 1.29 is 13.2 Å². The van der Waals surface area contributed by atoms with Crippen molar-refractivity contribution >= 4 is 11.3 Å². The molecule has 1 atom stereocenters. The molecule has 1 unspecified atom stereocenters. The number of aromatic nitrogens is 1. The van der Waals surface area contributed by atoms with Crippen LogP contribution >= 0.6 is 11.3 Å². The molecule has 0 saturated carbocycles. The Morgan fingerprint density at radius 1 is 1.24 bits per heavy atom. The van der Waals surface area contributed by atoms with Gasteiger partial charge in [-0.1, -0.05) is 18.2 Å². The summed E-state index contributed by atoms with van der Waals surface area (Å²) in [6, 6.07) is 5.28. The van der Waals surface area contributed by atoms with Crippen LogP contribution in [0.1, 0.15) is 32.7 Å². The zero-order valence-corrected chi connectivity index (χ0v) is 12.9. The standard InChI is InChI=1S/C15H17F3N2S/c1-9-10(2)21-14(20-9)8-13(19-3)11-6-4-5-7-12(11)15(16,17)18/h4-7,13,19H,8H2,1-3H3. The lowest BCUT2D eigenvalue weighted by atomic mass is 9.98. The normalized spacial score (nSPS) is 13.4. The lowest BCUT2D eigenvalue weighted by molar-refractivity contribution is -0.138. The number of nitrogens with one attached hydrogen (secondary N) is 1. The third-order valence-electron chi connectivity index (χ3n) is 3.44. The van der Waals surface area contributed by atoms with Crippen LogP contribution in [0.15, 0.2) is 24.3 Å². The van der Waals surface area contributed by atoms with E-state index in [-0.39, 0.29) is 5.56 Å². The summed E-state index contributed by atoms with van der Waals surface area (Å²) >= 11 is 1.53. The molecule has 0 aliphatic heterocycles. The highest BCUT2D eigenvalue weighted by molar-refractivity contribution is 7.11. The Hall–Kier alpha value is -1.40. The van der Waals surface area contributed by atoms with E-state index in [1.54, 1.807) is 13.1 Å². The summed E-state index contributed by atoms with van der Waals surface area (Å²) in [4.78, 5) is 5.51. The second kappa shape index (κ2) is 6.15. The molecule has 0 spiro atoms. The summed E-state index contributed by atoms with van der Waals surface area (Å²) in [6.45, 7) is 3.88. The molecular weight excluding hydrogens is 297 g/mol. The molecule has 0 radical (unpaired) electrons. The fourth-order valence-electron chi connectivity index (χ4n) is 2.23. The van der Waals surface area contributed by atoms with Crippen LogP contribution in [0.3, 0.4) is 0 Å². The van der Waals surface area contributed by atoms with Crippen molar-refractivity contribution in [1.82, 2.24) is 10.3 Å². The molecule has 0 amide bonds. The van der Waals surface area contributed by atoms with Crippen molar-refractivity contribution in [3.05, 3.63) is 51.0 Å². The number of alkyl halides is 3. The molecule has 1 aromatic heterocycles. The van der Waals surface area contributed by atoms with Crippen molar-refractivity contribution in [1.29, 1.82) is 0 Å². The van der Waals surface area contributed by atoms with Gasteiger partial charge >= 0.3 is 6.18 Å². The van der Waals surface area contributed by atoms with E-state index in [2.05, 4.69) is 10.3 Å². The first-order chi connectivity index (χ1) is 9.82. The number of rotatable bonds is 4. The van der Waals surface area contributed by atoms with E-state index in [0.717, 1.165) is 21.6 Å². The Balaban J connectivity index is 2.34. The molecule has 0 aliphatic rings. The van der Waals surface area contributed by atoms with E-state index in [4.69, 9.17) is 0 Å². The number of hydrogen-bond acceptors (Lipinski definition) is 3. The van der Waals surface area contributed by atoms with Gasteiger partial charge in [0.1, 0.15) is 0 Å². The van der Waals surface area contributed by atoms with Crippen molar-refractivity contribution in [2.45, 2.75) is 32.5 Å². The van der Waals surface area contributed by atoms with Gasteiger partial charge in [-0.05, 0) is 32.5 Å². The average molecular weight is 314 g/mol. The summed E-state index contributed by atoms with van der Waals surface area (Å²) < 4.78 is 39.3. The van der Waals surface area contributed by atoms with Gasteiger partial charge in [0.25, 0.3) is 0 Å². The van der Waals surface area contributed by atoms with E-state index in [0.29, 0.717) is 6.42 Å². The zero-order chi connectivity index (χ0) is 15.6. The van der Waals surface area contributed by atoms with E-state index in [1.807, 2.05) is 13.8 Å². The lowest BCUT2D eigenvalue weighted by Crippen LogP contribution is -2.22. The Morgan fingerprint density at radius 2 is 1.90 bits per heavy atom. The number of aryl methyl sites for hydroxylation is 2. The number of nitrogens with zero attached hydrogens (tertiary/aromatic N) is 1. The smallest absolute Gasteiger partial charge is 0.313 e. The van der Waals surface area contributed by atoms with Crippen LogP contribution in [0, 0.1) is 13.8 Å². The molecule has 114 valence electrons. The maximum atomic E-state index is 13.1. The Morgan fingerprint density at radius 3 is 2.43 bits per heavy atom. The predicted octanol–water partition coefficient (Wildman–Crippen LogP) is 4.28. The number of benzene rings is 1. The third kappa shape index (κ3) is 3.63. The first kappa shape index (κ1) is 16.0. The Kier molecular flexibility index (Phi) is 4.68. The summed E-state index contributed by atoms with van der Waals surface area (Å²) in [6.07, 6.45) is -3.90. The molecule has 2 aromatic rings. The molecule has 0 saturated heterocycles. The van der Waals surface area contributed by atoms with Crippen LogP contribution in [-0.4, -0.2) is 12.0 Å². The SMILES string of the molecule is CNC(Cc1nc(C)c(C)s1)c1ccccc1C(F)(F)F. The molecule has 2 rings (SSSR count). The van der Waals surface area contributed by atoms with Crippen molar-refractivity contribution in [3.63, 3.8) is 0 Å². The van der Waals surface area contributed by atoms with Crippen molar-refractivity contribution in [2.75, 3.05) is 7.05 Å². The summed E-state index contributed by atoms with van der Waals surface area (Å²) in [5.41, 5.74) is 0.612. The maximum Gasteiger partial charge on any atom is 0.416 e. The minimum Gasteiger partial charge on any atom is -0.313 e. The van der Waals surface area contributed by atoms with Gasteiger partial charge in [0.15, 0.2) is 0 Å². The molecule has 6 heteroatoms. The molecule has 2 nitrogen and oxygen atoms in total. The molecule has 0 aliphatic carbocycles. The highest BCUT2D eigenvalue weighted by Crippen LogP contribution is 2.35. The molecular formula is C15H17F3N2S. The minimum absolute atomic E-state index is 0.262. The van der Waals surface area contributed by atoms with Gasteiger partial charge in [-0.3, -0.25) is 0 Å². The second-order valence-corrected chi connectivity index (χ2v) is 6.17. The highest BCUT2D eigenvalue weighted by atomic mass is 32.1. The molecule has 1 aromatic carbocycles. The average Bonchev–Trinajstić information content (AvgIpc) is 2.74. The minimum atomic E-state index is -4.35. The van der Waals surface area contributed by atoms with Crippen molar-refractivity contribution in [2.24, 2.45) is 0 Å². The highest BCUT2D eigenvalue weighted by Gasteiger charge is 2.34. The summed E-state index contributed by atoms with van der Waals surface area (Å²) in [7, 11) is 1.67. The van der Waals surface area contributed by atoms with Gasteiger partial charge in [-0.25, -0.2) is 4.98 Å². The van der Waals surface area contributed by atoms with Crippen LogP contribution in [0.2, 0.25) is 0 Å². The third-order valence-corrected chi connectivity index (χ3v) is 4.54. The molecule has 0 bridgehead atoms. The van der Waals surface area contributed by atoms with Crippen molar-refractivity contribution in [3.8, 4) is 0 Å². The summed E-state index contributed by atoms with van der Waals surface area (Å²) in [5, 5.41) is 3.82. The first-order valence-corrected chi connectivity index (χ1v) is 7.41. The first-order valence-electron chi connectivity index (χ1n) is 6.59. The quantitative estimate of drug-likeness (QED) is 0.911. The van der Waals surface area contributed by atoms with Gasteiger partial charge < -0.3 is 5.32 Å². The van der Waals surface area contributed by atoms with E-state index < -0.39 is 17.8 Å². The van der Waals surface area contributed by atoms with Crippen LogP contribution < -0.4 is 5.32 Å². The van der Waals surface area contributed by atoms with E-state index >= 15 is 0 Å². The lowest BCUT2D eigenvalue weighted by Gasteiger charge is -2.20. The number of halogens is 3. The number of likely N-dealkylation sites (N-methyl/N-ethyl adjacent to an activating group) is 1. The van der Waals surface area contributed by atoms with Gasteiger partial charge in [0.2, 0.25) is 0 Å². The van der Waals surface area contributed by atoms with Crippen LogP contribution in [0.25, 0.3) is 0 Å². The zero-order valence-electron chi connectivity index (χ0n) is 12.1. The van der Waals surface area contributed by atoms with Gasteiger partial charge in [0.05, 0.1) is 16.3 Å². The second-order valence-electron chi connectivity index (χ2n) is 4.88. The molecule has 1 heterocycles. The Bertz CT molecular complexity index is 600. The van der Waals surface area contributed by atoms with Gasteiger partial charge in [-0.2, -0.15) is 13.2 Å². The summed E-state index contributed by atoms with van der Waals surface area (Å²) in [5.74, 6) is 0. The number of hydrogen-bond donors (Lipinski definition) is 1. The fourth-order valence-corrected chi connectivity index (χ4v) is 3.21. The largest absolute Gasteiger partial charge is 0.416 e. The van der Waals surface area contributed by atoms with Crippen LogP contribution in [0.4, 0.5) is 13.2 Å². The maximum absolute atomic E-state index is 13.1. The van der Waals surface area contributed by atoms with Gasteiger partial charge in [0, 0.05) is 17.3 Å². The van der Waals surface area contributed by atoms with E-state index in [9.17, 15) is 13.2 Å². The van der Waals surface area contributed by atoms with Gasteiger partial charge in [-0.15, -0.1) is 11.3 Å². The monoisotopic (exact) mass is 314 g/mol. The Labute approximate surface area is 126 Å². The topological polar surface area (TPSA) is 24.9 Å². The van der Waals surface area contributed by atoms with E-state index in [1.165, 1.54) is 23.5 Å². The predicted molar refractivity (Wildman–Crippen MR) is 78.5 cm³/mol. The molecule has 1 N–H and O–H groups in total. The number of thiazole rings is 1. The van der Waals surface area contributed by atoms with Crippen LogP contribution in [-0.2, 0) is 12.6 Å². The molecule has 0 fully saturated rings. The fraction of sp³-hybridized carbons (Fsp3) is 0.400. The van der Waals surface area contributed by atoms with Crippen LogP contribution in [0.5, 0.6) is 0 Å². The molecule has 21 heavy (non-hydrogen) atoms.